The zero-order valence-corrected chi connectivity index (χ0v) is 48.3. The van der Waals surface area contributed by atoms with Crippen molar-refractivity contribution in [3.63, 3.8) is 0 Å². The lowest BCUT2D eigenvalue weighted by Crippen LogP contribution is -2.73. The molecule has 2 aliphatic carbocycles. The van der Waals surface area contributed by atoms with E-state index in [0.29, 0.717) is 50.9 Å². The number of halogens is 8. The maximum atomic E-state index is 13.1. The quantitative estimate of drug-likeness (QED) is 0.00520. The van der Waals surface area contributed by atoms with Gasteiger partial charge in [-0.05, 0) is 97.2 Å². The number of carbonyl (C=O) groups is 3. The highest BCUT2D eigenvalue weighted by Gasteiger charge is 2.40. The summed E-state index contributed by atoms with van der Waals surface area (Å²) >= 11 is 24.8. The van der Waals surface area contributed by atoms with Gasteiger partial charge in [0.2, 0.25) is 0 Å². The number of nitrogens with two attached hydrogens (primary N) is 1. The lowest BCUT2D eigenvalue weighted by Gasteiger charge is -2.26. The van der Waals surface area contributed by atoms with Crippen molar-refractivity contribution in [2.45, 2.75) is 69.7 Å². The van der Waals surface area contributed by atoms with Gasteiger partial charge in [-0.1, -0.05) is 58.5 Å². The molecule has 0 aliphatic heterocycles. The van der Waals surface area contributed by atoms with Gasteiger partial charge in [0.05, 0.1) is 24.2 Å². The summed E-state index contributed by atoms with van der Waals surface area (Å²) in [5.74, 6) is -6.46. The minimum atomic E-state index is -3.09. The van der Waals surface area contributed by atoms with Crippen molar-refractivity contribution < 1.29 is 118 Å². The summed E-state index contributed by atoms with van der Waals surface area (Å²) in [5, 5.41) is 60.8. The number of Topliss-reactive ketones (excluding diaryl/α,β-unsaturated/α-hetero) is 1. The molecule has 84 heavy (non-hydrogen) atoms. The number of H-pyrrole nitrogens is 2. The summed E-state index contributed by atoms with van der Waals surface area (Å²) in [7, 11) is 0. The summed E-state index contributed by atoms with van der Waals surface area (Å²) < 4.78 is 77.2. The number of ether oxygens (including phenoxy) is 5. The van der Waals surface area contributed by atoms with Crippen LogP contribution in [-0.2, 0) is 33.0 Å². The Bertz CT molecular complexity index is 3070. The molecule has 0 saturated heterocycles. The fraction of sp³-hybridized carbons (Fsp3) is 0.288. The lowest BCUT2D eigenvalue weighted by atomic mass is 10.0. The number of ketones is 1. The van der Waals surface area contributed by atoms with Crippen LogP contribution in [0.4, 0.5) is 28.9 Å². The molecule has 460 valence electrons. The number of pyridine rings is 2. The number of aromatic amines is 2. The van der Waals surface area contributed by atoms with Crippen molar-refractivity contribution in [3.05, 3.63) is 173 Å². The van der Waals surface area contributed by atoms with Gasteiger partial charge in [0.15, 0.2) is 53.5 Å². The Labute approximate surface area is 509 Å². The first-order valence-corrected chi connectivity index (χ1v) is 25.1. The number of aromatic nitrogens is 2. The number of rotatable bonds is 23. The fourth-order valence-corrected chi connectivity index (χ4v) is 8.17. The number of aliphatic hydroxyl groups is 3. The average molecular weight is 1310 g/mol. The van der Waals surface area contributed by atoms with E-state index in [-0.39, 0.29) is 118 Å². The molecule has 2 atom stereocenters. The maximum absolute atomic E-state index is 13.1. The Morgan fingerprint density at radius 2 is 1.11 bits per heavy atom. The number of nitrogens with one attached hydrogen (secondary N) is 2. The van der Waals surface area contributed by atoms with Crippen molar-refractivity contribution in [2.24, 2.45) is 11.8 Å². The fourth-order valence-electron chi connectivity index (χ4n) is 7.11. The third kappa shape index (κ3) is 22.2. The first-order valence-electron chi connectivity index (χ1n) is 23.6. The van der Waals surface area contributed by atoms with Gasteiger partial charge in [0.25, 0.3) is 17.3 Å². The molecule has 0 radical (unpaired) electrons. The molecule has 0 amide bonds. The van der Waals surface area contributed by atoms with E-state index in [0.717, 1.165) is 55.4 Å². The van der Waals surface area contributed by atoms with Crippen LogP contribution >= 0.6 is 73.4 Å². The van der Waals surface area contributed by atoms with E-state index in [1.165, 1.54) is 73.1 Å². The molecule has 8 rings (SSSR count). The number of nitro benzene ring substituents is 1. The zero-order valence-electron chi connectivity index (χ0n) is 43.3. The smallest absolute Gasteiger partial charge is 0.387 e. The normalized spacial score (nSPS) is 12.9. The highest BCUT2D eigenvalue weighted by atomic mass is 35.5. The Morgan fingerprint density at radius 3 is 1.51 bits per heavy atom. The van der Waals surface area contributed by atoms with Crippen LogP contribution in [0.2, 0.25) is 20.1 Å². The van der Waals surface area contributed by atoms with E-state index in [9.17, 15) is 57.4 Å². The van der Waals surface area contributed by atoms with E-state index >= 15 is 0 Å². The first-order chi connectivity index (χ1) is 37.5. The van der Waals surface area contributed by atoms with Crippen molar-refractivity contribution in [1.29, 1.82) is 0 Å². The monoisotopic (exact) mass is 1310 g/mol. The number of nitro groups is 1. The minimum absolute atomic E-state index is 0. The molecule has 4 aromatic carbocycles. The number of aliphatic carboxylic acids is 1. The highest BCUT2D eigenvalue weighted by Crippen LogP contribution is 2.40. The van der Waals surface area contributed by atoms with E-state index in [2.05, 4.69) is 19.4 Å². The van der Waals surface area contributed by atoms with Crippen molar-refractivity contribution in [3.8, 4) is 23.0 Å². The van der Waals surface area contributed by atoms with Crippen LogP contribution in [0.3, 0.4) is 0 Å². The number of esters is 1. The number of quaternary nitrogens is 1. The predicted molar refractivity (Wildman–Crippen MR) is 299 cm³/mol. The number of alkyl halides is 4. The summed E-state index contributed by atoms with van der Waals surface area (Å²) in [6.45, 7) is -5.32. The van der Waals surface area contributed by atoms with Gasteiger partial charge in [-0.3, -0.25) is 14.9 Å². The van der Waals surface area contributed by atoms with Crippen molar-refractivity contribution in [2.75, 3.05) is 13.2 Å². The lowest BCUT2D eigenvalue weighted by molar-refractivity contribution is -0.825. The number of hydrogen-bond acceptors (Lipinski definition) is 16. The van der Waals surface area contributed by atoms with Gasteiger partial charge in [0, 0.05) is 59.4 Å². The topological polar surface area (TPSA) is 378 Å². The van der Waals surface area contributed by atoms with Crippen molar-refractivity contribution in [1.82, 2.24) is 0 Å². The van der Waals surface area contributed by atoms with Crippen molar-refractivity contribution >= 4 is 102 Å². The summed E-state index contributed by atoms with van der Waals surface area (Å²) in [6, 6.07) is 18.0. The molecule has 2 heterocycles. The zero-order chi connectivity index (χ0) is 57.6. The third-order valence-electron chi connectivity index (χ3n) is 11.8. The van der Waals surface area contributed by atoms with Crippen LogP contribution in [-0.4, -0.2) is 91.1 Å². The average Bonchev–Trinajstić information content (AvgIpc) is 4.49. The van der Waals surface area contributed by atoms with Gasteiger partial charge >= 0.3 is 25.2 Å². The molecular formula is C52H57Cl4F4N4O18S2+. The molecule has 2 saturated carbocycles. The molecule has 13 N–H and O–H groups in total. The summed E-state index contributed by atoms with van der Waals surface area (Å²) in [4.78, 5) is 49.3. The standard InChI is InChI=1S/C26H24Cl2F2N2O7.C18H17Cl2F2NO3.C8H5NO5.3H2O.2H2S/c27-19-11-31-12-20(28)18(19)10-22(38-24(33)26(34,35)16-4-6-17(32-36)7-5-16)15-3-8-21(39-25(29)30)23(9-15)37-13-14-1-2-14;19-13-7-23-8-14(20)12(13)6-15(24)11-3-4-16(26-18(21)22)17(5-11)25-9-10-1-2-10;10-7(8(11)12)5-1-3-6(4-2-5)9(13)14;;;;;/h3-9,11-12,14,22,25,32,34-36H,1-2,10,13H2;3-5,7-8,10,15,18,24H,1-2,6,9H2;1-4H,(H,11,12);5*1H2/p+1/t22-;15-;;;;;;/m00....../s1. The van der Waals surface area contributed by atoms with Gasteiger partial charge < -0.3 is 60.5 Å². The van der Waals surface area contributed by atoms with E-state index in [1.807, 2.05) is 0 Å². The summed E-state index contributed by atoms with van der Waals surface area (Å²) in [5.41, 5.74) is 2.45. The summed E-state index contributed by atoms with van der Waals surface area (Å²) in [6.07, 6.45) is 8.04. The second-order valence-electron chi connectivity index (χ2n) is 17.6. The van der Waals surface area contributed by atoms with Crippen LogP contribution in [0.15, 0.2) is 110 Å². The van der Waals surface area contributed by atoms with Gasteiger partial charge in [-0.2, -0.15) is 50.0 Å². The molecule has 2 aromatic heterocycles. The largest absolute Gasteiger partial charge is 0.870 e. The third-order valence-corrected chi connectivity index (χ3v) is 13.1. The van der Waals surface area contributed by atoms with Gasteiger partial charge in [0.1, 0.15) is 26.2 Å². The Morgan fingerprint density at radius 1 is 0.679 bits per heavy atom. The second kappa shape index (κ2) is 35.2. The number of carboxylic acids is 1. The highest BCUT2D eigenvalue weighted by molar-refractivity contribution is 7.59. The van der Waals surface area contributed by atoms with Crippen LogP contribution in [0, 0.1) is 22.0 Å². The van der Waals surface area contributed by atoms with Crippen LogP contribution in [0.25, 0.3) is 0 Å². The molecule has 0 bridgehead atoms. The van der Waals surface area contributed by atoms with E-state index < -0.39 is 53.9 Å². The van der Waals surface area contributed by atoms with E-state index in [4.69, 9.17) is 70.9 Å². The predicted octanol–water partition coefficient (Wildman–Crippen LogP) is 7.83. The molecule has 0 spiro atoms. The maximum Gasteiger partial charge on any atom is 0.387 e. The van der Waals surface area contributed by atoms with Gasteiger partial charge in [-0.15, -0.1) is 0 Å². The number of aliphatic hydroxyl groups excluding tert-OH is 1. The number of non-ortho nitro benzene ring substituents is 1. The Hall–Kier alpha value is -6.35. The number of hydrogen-bond donors (Lipinski definition) is 6. The first kappa shape index (κ1) is 75.7. The molecule has 6 aromatic rings. The Balaban J connectivity index is 0.000000679. The van der Waals surface area contributed by atoms with Crippen LogP contribution in [0.5, 0.6) is 23.0 Å². The number of benzene rings is 4. The Kier molecular flexibility index (Phi) is 31.7. The second-order valence-corrected chi connectivity index (χ2v) is 19.2. The number of carboxylic acid groups (broad SMARTS) is 1. The van der Waals surface area contributed by atoms with Gasteiger partial charge in [-0.25, -0.2) is 24.8 Å². The molecular weight excluding hydrogens is 1250 g/mol. The van der Waals surface area contributed by atoms with Crippen LogP contribution < -0.4 is 34.4 Å². The molecule has 22 nitrogen and oxygen atoms in total. The molecule has 2 fully saturated rings. The number of nitrogens with zero attached hydrogens (tertiary/aromatic N) is 1. The SMILES string of the molecule is O.O=C(O)C(=O)c1ccc([N+](=O)[O-])cc1.O=C(O[C@@H](Cc1c(Cl)c[nH+]cc1Cl)c1ccc(OC(F)F)c(OCC2CC2)c1)C(O)(O)c1ccc([NH2+]O)cc1.O[C@@H](Cc1c(Cl)c[nH+]cc1Cl)c1ccc(OC(F)F)c(OCC2CC2)c1.S.S.[OH-].[OH-]. The van der Waals surface area contributed by atoms with E-state index in [1.54, 1.807) is 12.4 Å². The molecule has 32 heteroatoms. The minimum Gasteiger partial charge on any atom is -0.870 e. The number of carbonyl (C=O) groups excluding carboxylic acids is 2. The molecule has 0 unspecified atom stereocenters. The molecule has 2 aliphatic rings. The van der Waals surface area contributed by atoms with Crippen LogP contribution in [0.1, 0.15) is 76.1 Å².